The van der Waals surface area contributed by atoms with Crippen LogP contribution in [0.2, 0.25) is 0 Å². The van der Waals surface area contributed by atoms with Gasteiger partial charge in [0.1, 0.15) is 12.6 Å². The number of hydrogen-bond acceptors (Lipinski definition) is 5. The largest absolute Gasteiger partial charge is 0.481 e. The fourth-order valence-corrected chi connectivity index (χ4v) is 4.52. The van der Waals surface area contributed by atoms with E-state index in [1.54, 1.807) is 25.6 Å². The van der Waals surface area contributed by atoms with Crippen molar-refractivity contribution in [2.45, 2.75) is 38.6 Å². The molecular weight excluding hydrogens is 452 g/mol. The van der Waals surface area contributed by atoms with Crippen molar-refractivity contribution in [2.24, 2.45) is 5.41 Å². The van der Waals surface area contributed by atoms with Gasteiger partial charge in [0.25, 0.3) is 0 Å². The second kappa shape index (κ2) is 11.4. The number of aliphatic carboxylic acids is 1. The number of alkyl carbamates (subject to hydrolysis) is 1. The number of carbonyl (C=O) groups excluding carboxylic acids is 2. The molecule has 7 nitrogen and oxygen atoms in total. The molecule has 2 aromatic rings. The highest BCUT2D eigenvalue weighted by Gasteiger charge is 2.33. The quantitative estimate of drug-likeness (QED) is 0.440. The molecule has 8 heteroatoms. The Morgan fingerprint density at radius 3 is 2.21 bits per heavy atom. The average molecular weight is 485 g/mol. The molecule has 2 unspecified atom stereocenters. The van der Waals surface area contributed by atoms with Gasteiger partial charge in [0.2, 0.25) is 5.91 Å². The molecule has 1 aliphatic carbocycles. The minimum atomic E-state index is -1.07. The predicted molar refractivity (Wildman–Crippen MR) is 134 cm³/mol. The molecule has 3 rings (SSSR count). The summed E-state index contributed by atoms with van der Waals surface area (Å²) in [5.41, 5.74) is 3.44. The number of carbonyl (C=O) groups is 3. The first kappa shape index (κ1) is 25.6. The lowest BCUT2D eigenvalue weighted by atomic mass is 9.87. The Bertz CT molecular complexity index is 998. The number of carboxylic acids is 1. The monoisotopic (exact) mass is 484 g/mol. The Hall–Kier alpha value is -3.00. The Morgan fingerprint density at radius 2 is 1.68 bits per heavy atom. The van der Waals surface area contributed by atoms with Crippen LogP contribution in [-0.2, 0) is 14.3 Å². The van der Waals surface area contributed by atoms with E-state index in [0.717, 1.165) is 22.3 Å². The molecule has 2 amide bonds. The van der Waals surface area contributed by atoms with E-state index in [9.17, 15) is 19.5 Å². The van der Waals surface area contributed by atoms with Crippen LogP contribution in [0.1, 0.15) is 43.7 Å². The molecule has 2 atom stereocenters. The second-order valence-electron chi connectivity index (χ2n) is 8.74. The summed E-state index contributed by atoms with van der Waals surface area (Å²) in [6, 6.07) is 15.4. The Kier molecular flexibility index (Phi) is 8.61. The molecule has 0 spiro atoms. The number of ether oxygens (including phenoxy) is 1. The van der Waals surface area contributed by atoms with E-state index in [4.69, 9.17) is 4.74 Å². The van der Waals surface area contributed by atoms with E-state index >= 15 is 0 Å². The fraction of sp³-hybridized carbons (Fsp3) is 0.423. The number of thioether (sulfide) groups is 1. The van der Waals surface area contributed by atoms with E-state index in [1.165, 1.54) is 0 Å². The number of hydrogen-bond donors (Lipinski definition) is 3. The molecule has 0 aromatic heterocycles. The highest BCUT2D eigenvalue weighted by Crippen LogP contribution is 2.44. The first-order chi connectivity index (χ1) is 16.3. The molecule has 0 fully saturated rings. The smallest absolute Gasteiger partial charge is 0.407 e. The van der Waals surface area contributed by atoms with Crippen molar-refractivity contribution in [2.75, 3.05) is 25.2 Å². The summed E-state index contributed by atoms with van der Waals surface area (Å²) < 4.78 is 5.57. The minimum absolute atomic E-state index is 0.0141. The van der Waals surface area contributed by atoms with Gasteiger partial charge in [-0.15, -0.1) is 0 Å². The van der Waals surface area contributed by atoms with E-state index in [1.807, 2.05) is 42.7 Å². The third kappa shape index (κ3) is 5.73. The van der Waals surface area contributed by atoms with E-state index in [0.29, 0.717) is 18.6 Å². The SMILES string of the molecule is CCC(C)(CNC(=O)C(CCSC)NC(=O)OCC1c2ccccc2-c2ccccc21)C(=O)O. The highest BCUT2D eigenvalue weighted by molar-refractivity contribution is 7.98. The van der Waals surface area contributed by atoms with Crippen LogP contribution in [0.4, 0.5) is 4.79 Å². The highest BCUT2D eigenvalue weighted by atomic mass is 32.2. The van der Waals surface area contributed by atoms with Gasteiger partial charge in [-0.1, -0.05) is 55.5 Å². The lowest BCUT2D eigenvalue weighted by Crippen LogP contribution is -2.50. The zero-order valence-electron chi connectivity index (χ0n) is 19.8. The van der Waals surface area contributed by atoms with Gasteiger partial charge < -0.3 is 20.5 Å². The van der Waals surface area contributed by atoms with Gasteiger partial charge in [0.05, 0.1) is 5.41 Å². The summed E-state index contributed by atoms with van der Waals surface area (Å²) in [5.74, 6) is -0.799. The first-order valence-electron chi connectivity index (χ1n) is 11.4. The molecule has 0 heterocycles. The topological polar surface area (TPSA) is 105 Å². The van der Waals surface area contributed by atoms with Crippen LogP contribution in [0.5, 0.6) is 0 Å². The minimum Gasteiger partial charge on any atom is -0.481 e. The second-order valence-corrected chi connectivity index (χ2v) is 9.73. The summed E-state index contributed by atoms with van der Waals surface area (Å²) in [6.07, 6.45) is 2.03. The average Bonchev–Trinajstić information content (AvgIpc) is 3.17. The molecule has 0 bridgehead atoms. The number of amides is 2. The van der Waals surface area contributed by atoms with Crippen LogP contribution < -0.4 is 10.6 Å². The Labute approximate surface area is 204 Å². The van der Waals surface area contributed by atoms with Crippen molar-refractivity contribution in [3.05, 3.63) is 59.7 Å². The third-order valence-electron chi connectivity index (χ3n) is 6.51. The van der Waals surface area contributed by atoms with Gasteiger partial charge in [-0.25, -0.2) is 4.79 Å². The zero-order chi connectivity index (χ0) is 24.7. The molecule has 182 valence electrons. The van der Waals surface area contributed by atoms with Crippen molar-refractivity contribution >= 4 is 29.7 Å². The Balaban J connectivity index is 1.63. The number of nitrogens with one attached hydrogen (secondary N) is 2. The van der Waals surface area contributed by atoms with E-state index < -0.39 is 29.4 Å². The molecule has 3 N–H and O–H groups in total. The van der Waals surface area contributed by atoms with Crippen LogP contribution in [0.25, 0.3) is 11.1 Å². The molecule has 2 aromatic carbocycles. The van der Waals surface area contributed by atoms with Gasteiger partial charge in [-0.3, -0.25) is 9.59 Å². The molecule has 0 radical (unpaired) electrons. The van der Waals surface area contributed by atoms with Gasteiger partial charge in [0, 0.05) is 12.5 Å². The van der Waals surface area contributed by atoms with E-state index in [-0.39, 0.29) is 19.1 Å². The van der Waals surface area contributed by atoms with Crippen molar-refractivity contribution < 1.29 is 24.2 Å². The summed E-state index contributed by atoms with van der Waals surface area (Å²) in [7, 11) is 0. The molecule has 0 saturated heterocycles. The van der Waals surface area contributed by atoms with E-state index in [2.05, 4.69) is 22.8 Å². The zero-order valence-corrected chi connectivity index (χ0v) is 20.6. The van der Waals surface area contributed by atoms with Crippen molar-refractivity contribution in [3.63, 3.8) is 0 Å². The predicted octanol–water partition coefficient (Wildman–Crippen LogP) is 4.26. The maximum absolute atomic E-state index is 12.8. The van der Waals surface area contributed by atoms with Crippen LogP contribution in [0, 0.1) is 5.41 Å². The third-order valence-corrected chi connectivity index (χ3v) is 7.16. The van der Waals surface area contributed by atoms with Crippen molar-refractivity contribution in [3.8, 4) is 11.1 Å². The van der Waals surface area contributed by atoms with Crippen molar-refractivity contribution in [1.29, 1.82) is 0 Å². The maximum atomic E-state index is 12.8. The van der Waals surface area contributed by atoms with Crippen LogP contribution in [0.15, 0.2) is 48.5 Å². The lowest BCUT2D eigenvalue weighted by molar-refractivity contribution is -0.148. The normalized spacial score (nSPS) is 14.9. The molecule has 0 aliphatic heterocycles. The molecule has 0 saturated carbocycles. The van der Waals surface area contributed by atoms with Gasteiger partial charge >= 0.3 is 12.1 Å². The number of benzene rings is 2. The number of carboxylic acid groups (broad SMARTS) is 1. The van der Waals surface area contributed by atoms with Gasteiger partial charge in [-0.2, -0.15) is 11.8 Å². The van der Waals surface area contributed by atoms with Crippen LogP contribution in [0.3, 0.4) is 0 Å². The fourth-order valence-electron chi connectivity index (χ4n) is 4.04. The van der Waals surface area contributed by atoms with Crippen LogP contribution in [-0.4, -0.2) is 54.3 Å². The summed E-state index contributed by atoms with van der Waals surface area (Å²) >= 11 is 1.56. The van der Waals surface area contributed by atoms with Crippen molar-refractivity contribution in [1.82, 2.24) is 10.6 Å². The standard InChI is InChI=1S/C26H32N2O5S/c1-4-26(2,24(30)31)16-27-23(29)22(13-14-34-3)28-25(32)33-15-21-19-11-7-5-9-17(19)18-10-6-8-12-20(18)21/h5-12,21-22H,4,13-16H2,1-3H3,(H,27,29)(H,28,32)(H,30,31). The summed E-state index contributed by atoms with van der Waals surface area (Å²) in [6.45, 7) is 3.50. The van der Waals surface area contributed by atoms with Gasteiger partial charge in [-0.05, 0) is 54.0 Å². The molecular formula is C26H32N2O5S. The first-order valence-corrected chi connectivity index (χ1v) is 12.8. The summed E-state index contributed by atoms with van der Waals surface area (Å²) in [5, 5.41) is 14.8. The maximum Gasteiger partial charge on any atom is 0.407 e. The van der Waals surface area contributed by atoms with Gasteiger partial charge in [0.15, 0.2) is 0 Å². The lowest BCUT2D eigenvalue weighted by Gasteiger charge is -2.25. The molecule has 1 aliphatic rings. The van der Waals surface area contributed by atoms with Crippen LogP contribution >= 0.6 is 11.8 Å². The number of rotatable bonds is 11. The molecule has 34 heavy (non-hydrogen) atoms. The summed E-state index contributed by atoms with van der Waals surface area (Å²) in [4.78, 5) is 37.0. The Morgan fingerprint density at radius 1 is 1.09 bits per heavy atom. The number of fused-ring (bicyclic) bond motifs is 3.